The third kappa shape index (κ3) is 3.27. The van der Waals surface area contributed by atoms with E-state index in [9.17, 15) is 4.39 Å². The second-order valence-electron chi connectivity index (χ2n) is 4.59. The molecule has 0 amide bonds. The monoisotopic (exact) mass is 311 g/mol. The standard InChI is InChI=1S/C13H15BrFN3/c14-13-10(5-6-12(15)17-13)9-18(8-7-16)11-3-1-2-4-11/h5-6,11H,1-4,8-9H2. The van der Waals surface area contributed by atoms with E-state index in [-0.39, 0.29) is 0 Å². The van der Waals surface area contributed by atoms with Crippen LogP contribution in [0, 0.1) is 17.3 Å². The van der Waals surface area contributed by atoms with Crippen molar-refractivity contribution in [3.8, 4) is 6.07 Å². The van der Waals surface area contributed by atoms with E-state index in [1.807, 2.05) is 0 Å². The van der Waals surface area contributed by atoms with Crippen molar-refractivity contribution in [1.29, 1.82) is 5.26 Å². The lowest BCUT2D eigenvalue weighted by molar-refractivity contribution is 0.213. The van der Waals surface area contributed by atoms with Crippen LogP contribution in [0.2, 0.25) is 0 Å². The number of nitriles is 1. The van der Waals surface area contributed by atoms with E-state index >= 15 is 0 Å². The van der Waals surface area contributed by atoms with Crippen LogP contribution in [0.5, 0.6) is 0 Å². The van der Waals surface area contributed by atoms with Crippen LogP contribution >= 0.6 is 15.9 Å². The zero-order chi connectivity index (χ0) is 13.0. The zero-order valence-electron chi connectivity index (χ0n) is 10.1. The van der Waals surface area contributed by atoms with Gasteiger partial charge >= 0.3 is 0 Å². The van der Waals surface area contributed by atoms with Crippen molar-refractivity contribution in [3.63, 3.8) is 0 Å². The van der Waals surface area contributed by atoms with Crippen LogP contribution in [0.3, 0.4) is 0 Å². The van der Waals surface area contributed by atoms with Gasteiger partial charge in [-0.05, 0) is 40.4 Å². The zero-order valence-corrected chi connectivity index (χ0v) is 11.7. The molecule has 96 valence electrons. The Morgan fingerprint density at radius 2 is 2.17 bits per heavy atom. The highest BCUT2D eigenvalue weighted by molar-refractivity contribution is 9.10. The molecule has 1 aliphatic carbocycles. The Morgan fingerprint density at radius 3 is 2.78 bits per heavy atom. The predicted molar refractivity (Wildman–Crippen MR) is 70.2 cm³/mol. The van der Waals surface area contributed by atoms with E-state index in [4.69, 9.17) is 5.26 Å². The number of aromatic nitrogens is 1. The molecule has 0 saturated heterocycles. The minimum Gasteiger partial charge on any atom is -0.283 e. The molecular weight excluding hydrogens is 297 g/mol. The number of hydrogen-bond donors (Lipinski definition) is 0. The lowest BCUT2D eigenvalue weighted by atomic mass is 10.2. The van der Waals surface area contributed by atoms with E-state index < -0.39 is 5.95 Å². The second kappa shape index (κ2) is 6.26. The minimum absolute atomic E-state index is 0.411. The number of hydrogen-bond acceptors (Lipinski definition) is 3. The first-order valence-corrected chi connectivity index (χ1v) is 6.92. The fourth-order valence-electron chi connectivity index (χ4n) is 2.45. The minimum atomic E-state index is -0.488. The fraction of sp³-hybridized carbons (Fsp3) is 0.538. The average molecular weight is 312 g/mol. The summed E-state index contributed by atoms with van der Waals surface area (Å²) in [6.07, 6.45) is 4.76. The largest absolute Gasteiger partial charge is 0.283 e. The maximum absolute atomic E-state index is 12.9. The summed E-state index contributed by atoms with van der Waals surface area (Å²) in [6, 6.07) is 5.77. The summed E-state index contributed by atoms with van der Waals surface area (Å²) in [4.78, 5) is 5.91. The van der Waals surface area contributed by atoms with E-state index in [0.717, 1.165) is 18.4 Å². The van der Waals surface area contributed by atoms with Crippen molar-refractivity contribution in [2.24, 2.45) is 0 Å². The summed E-state index contributed by atoms with van der Waals surface area (Å²) in [7, 11) is 0. The van der Waals surface area contributed by atoms with Crippen molar-refractivity contribution >= 4 is 15.9 Å². The quantitative estimate of drug-likeness (QED) is 0.633. The first-order valence-electron chi connectivity index (χ1n) is 6.12. The summed E-state index contributed by atoms with van der Waals surface area (Å²) in [6.45, 7) is 1.06. The molecule has 1 saturated carbocycles. The summed E-state index contributed by atoms with van der Waals surface area (Å²) in [5.74, 6) is -0.488. The van der Waals surface area contributed by atoms with E-state index in [2.05, 4.69) is 31.9 Å². The van der Waals surface area contributed by atoms with Gasteiger partial charge in [-0.15, -0.1) is 0 Å². The number of nitrogens with zero attached hydrogens (tertiary/aromatic N) is 3. The highest BCUT2D eigenvalue weighted by Gasteiger charge is 2.23. The van der Waals surface area contributed by atoms with Gasteiger partial charge in [0.1, 0.15) is 4.60 Å². The molecule has 0 spiro atoms. The lowest BCUT2D eigenvalue weighted by Crippen LogP contribution is -2.33. The SMILES string of the molecule is N#CCN(Cc1ccc(F)nc1Br)C1CCCC1. The topological polar surface area (TPSA) is 39.9 Å². The molecule has 0 aromatic carbocycles. The van der Waals surface area contributed by atoms with Gasteiger partial charge in [-0.25, -0.2) is 4.98 Å². The van der Waals surface area contributed by atoms with Gasteiger partial charge in [-0.2, -0.15) is 9.65 Å². The number of halogens is 2. The third-order valence-electron chi connectivity index (χ3n) is 3.38. The number of pyridine rings is 1. The molecule has 0 N–H and O–H groups in total. The maximum Gasteiger partial charge on any atom is 0.213 e. The van der Waals surface area contributed by atoms with Crippen LogP contribution < -0.4 is 0 Å². The van der Waals surface area contributed by atoms with Crippen molar-refractivity contribution < 1.29 is 4.39 Å². The molecule has 0 unspecified atom stereocenters. The molecule has 1 aromatic rings. The van der Waals surface area contributed by atoms with Crippen LogP contribution in [-0.4, -0.2) is 22.5 Å². The Kier molecular flexibility index (Phi) is 4.67. The molecule has 1 fully saturated rings. The van der Waals surface area contributed by atoms with Gasteiger partial charge in [0, 0.05) is 12.6 Å². The molecule has 0 radical (unpaired) electrons. The summed E-state index contributed by atoms with van der Waals surface area (Å²) >= 11 is 3.27. The smallest absolute Gasteiger partial charge is 0.213 e. The van der Waals surface area contributed by atoms with Crippen LogP contribution in [0.1, 0.15) is 31.2 Å². The Bertz CT molecular complexity index is 452. The summed E-state index contributed by atoms with van der Waals surface area (Å²) < 4.78 is 13.5. The molecule has 1 heterocycles. The van der Waals surface area contributed by atoms with Crippen LogP contribution in [0.25, 0.3) is 0 Å². The van der Waals surface area contributed by atoms with Crippen LogP contribution in [0.4, 0.5) is 4.39 Å². The lowest BCUT2D eigenvalue weighted by Gasteiger charge is -2.26. The highest BCUT2D eigenvalue weighted by atomic mass is 79.9. The van der Waals surface area contributed by atoms with E-state index in [1.54, 1.807) is 6.07 Å². The highest BCUT2D eigenvalue weighted by Crippen LogP contribution is 2.26. The van der Waals surface area contributed by atoms with Crippen molar-refractivity contribution in [2.45, 2.75) is 38.3 Å². The maximum atomic E-state index is 12.9. The van der Waals surface area contributed by atoms with Gasteiger partial charge in [0.15, 0.2) is 0 Å². The van der Waals surface area contributed by atoms with Crippen molar-refractivity contribution in [2.75, 3.05) is 6.54 Å². The first kappa shape index (κ1) is 13.4. The van der Waals surface area contributed by atoms with Gasteiger partial charge in [0.2, 0.25) is 5.95 Å². The Hall–Kier alpha value is -0.990. The average Bonchev–Trinajstić information content (AvgIpc) is 2.85. The molecule has 1 aliphatic rings. The molecular formula is C13H15BrFN3. The van der Waals surface area contributed by atoms with Gasteiger partial charge in [-0.3, -0.25) is 4.90 Å². The normalized spacial score (nSPS) is 16.1. The molecule has 0 bridgehead atoms. The van der Waals surface area contributed by atoms with Crippen molar-refractivity contribution in [3.05, 3.63) is 28.2 Å². The van der Waals surface area contributed by atoms with E-state index in [0.29, 0.717) is 23.7 Å². The van der Waals surface area contributed by atoms with Gasteiger partial charge in [0.25, 0.3) is 0 Å². The molecule has 0 aliphatic heterocycles. The molecule has 5 heteroatoms. The van der Waals surface area contributed by atoms with Gasteiger partial charge in [0.05, 0.1) is 12.6 Å². The molecule has 2 rings (SSSR count). The second-order valence-corrected chi connectivity index (χ2v) is 5.34. The molecule has 18 heavy (non-hydrogen) atoms. The Morgan fingerprint density at radius 1 is 1.44 bits per heavy atom. The van der Waals surface area contributed by atoms with Crippen LogP contribution in [-0.2, 0) is 6.54 Å². The Labute approximate surface area is 115 Å². The first-order chi connectivity index (χ1) is 8.70. The van der Waals surface area contributed by atoms with E-state index in [1.165, 1.54) is 18.9 Å². The fourth-order valence-corrected chi connectivity index (χ4v) is 2.88. The molecule has 1 aromatic heterocycles. The molecule has 0 atom stereocenters. The summed E-state index contributed by atoms with van der Waals surface area (Å²) in [5.41, 5.74) is 0.929. The van der Waals surface area contributed by atoms with Gasteiger partial charge < -0.3 is 0 Å². The summed E-state index contributed by atoms with van der Waals surface area (Å²) in [5, 5.41) is 8.91. The van der Waals surface area contributed by atoms with Gasteiger partial charge in [-0.1, -0.05) is 18.9 Å². The molecule has 3 nitrogen and oxygen atoms in total. The number of rotatable bonds is 4. The third-order valence-corrected chi connectivity index (χ3v) is 4.07. The predicted octanol–water partition coefficient (Wildman–Crippen LogP) is 3.25. The van der Waals surface area contributed by atoms with Crippen LogP contribution in [0.15, 0.2) is 16.7 Å². The van der Waals surface area contributed by atoms with Crippen molar-refractivity contribution in [1.82, 2.24) is 9.88 Å². The Balaban J connectivity index is 2.10.